The Kier molecular flexibility index (Phi) is 5.72. The molecule has 1 aliphatic rings. The highest BCUT2D eigenvalue weighted by molar-refractivity contribution is 7.89. The normalized spacial score (nSPS) is 18.4. The molecule has 1 fully saturated rings. The van der Waals surface area contributed by atoms with Crippen LogP contribution in [0.5, 0.6) is 0 Å². The molecule has 96 valence electrons. The quantitative estimate of drug-likeness (QED) is 0.666. The summed E-state index contributed by atoms with van der Waals surface area (Å²) in [7, 11) is -3.05. The Hall–Kier alpha value is -0.130. The van der Waals surface area contributed by atoms with Gasteiger partial charge in [0.15, 0.2) is 0 Å². The highest BCUT2D eigenvalue weighted by Crippen LogP contribution is 2.18. The molecule has 0 aromatic heterocycles. The van der Waals surface area contributed by atoms with Gasteiger partial charge in [0.1, 0.15) is 0 Å². The molecule has 0 amide bonds. The maximum absolute atomic E-state index is 11.7. The van der Waals surface area contributed by atoms with Gasteiger partial charge in [-0.2, -0.15) is 0 Å². The summed E-state index contributed by atoms with van der Waals surface area (Å²) in [5, 5.41) is 3.22. The Morgan fingerprint density at radius 3 is 2.44 bits per heavy atom. The van der Waals surface area contributed by atoms with Gasteiger partial charge in [0.05, 0.1) is 5.75 Å². The van der Waals surface area contributed by atoms with Crippen molar-refractivity contribution in [1.29, 1.82) is 0 Å². The Balaban J connectivity index is 2.18. The zero-order chi connectivity index (χ0) is 12.0. The van der Waals surface area contributed by atoms with Gasteiger partial charge < -0.3 is 5.32 Å². The van der Waals surface area contributed by atoms with Crippen LogP contribution in [0.25, 0.3) is 0 Å². The second kappa shape index (κ2) is 6.57. The van der Waals surface area contributed by atoms with Crippen LogP contribution in [0.1, 0.15) is 46.0 Å². The molecule has 1 saturated carbocycles. The second-order valence-electron chi connectivity index (χ2n) is 4.88. The van der Waals surface area contributed by atoms with E-state index in [1.54, 1.807) is 0 Å². The SMILES string of the molecule is CC(C)NCCCS(=O)(=O)NC1CCCC1. The van der Waals surface area contributed by atoms with E-state index >= 15 is 0 Å². The van der Waals surface area contributed by atoms with Crippen molar-refractivity contribution in [3.8, 4) is 0 Å². The molecule has 0 saturated heterocycles. The Labute approximate surface area is 99.2 Å². The van der Waals surface area contributed by atoms with Crippen molar-refractivity contribution in [3.63, 3.8) is 0 Å². The van der Waals surface area contributed by atoms with Gasteiger partial charge in [-0.15, -0.1) is 0 Å². The minimum Gasteiger partial charge on any atom is -0.314 e. The first-order chi connectivity index (χ1) is 7.49. The van der Waals surface area contributed by atoms with Gasteiger partial charge in [-0.05, 0) is 25.8 Å². The third-order valence-electron chi connectivity index (χ3n) is 2.84. The van der Waals surface area contributed by atoms with E-state index < -0.39 is 10.0 Å². The van der Waals surface area contributed by atoms with Crippen molar-refractivity contribution in [3.05, 3.63) is 0 Å². The van der Waals surface area contributed by atoms with E-state index in [2.05, 4.69) is 23.9 Å². The second-order valence-corrected chi connectivity index (χ2v) is 6.75. The van der Waals surface area contributed by atoms with E-state index in [9.17, 15) is 8.42 Å². The van der Waals surface area contributed by atoms with Crippen LogP contribution in [-0.4, -0.2) is 32.8 Å². The van der Waals surface area contributed by atoms with Gasteiger partial charge in [0, 0.05) is 12.1 Å². The monoisotopic (exact) mass is 248 g/mol. The Morgan fingerprint density at radius 1 is 1.25 bits per heavy atom. The van der Waals surface area contributed by atoms with Crippen LogP contribution in [0.2, 0.25) is 0 Å². The highest BCUT2D eigenvalue weighted by Gasteiger charge is 2.20. The minimum absolute atomic E-state index is 0.197. The predicted molar refractivity (Wildman–Crippen MR) is 66.9 cm³/mol. The van der Waals surface area contributed by atoms with Gasteiger partial charge in [-0.25, -0.2) is 13.1 Å². The Bertz CT molecular complexity index is 282. The van der Waals surface area contributed by atoms with Crippen LogP contribution in [0, 0.1) is 0 Å². The van der Waals surface area contributed by atoms with Crippen molar-refractivity contribution >= 4 is 10.0 Å². The first-order valence-electron chi connectivity index (χ1n) is 6.23. The highest BCUT2D eigenvalue weighted by atomic mass is 32.2. The van der Waals surface area contributed by atoms with Crippen LogP contribution in [0.3, 0.4) is 0 Å². The van der Waals surface area contributed by atoms with Gasteiger partial charge in [0.2, 0.25) is 10.0 Å². The van der Waals surface area contributed by atoms with E-state index in [1.165, 1.54) is 0 Å². The number of sulfonamides is 1. The number of hydrogen-bond acceptors (Lipinski definition) is 3. The molecule has 4 nitrogen and oxygen atoms in total. The third-order valence-corrected chi connectivity index (χ3v) is 4.36. The first kappa shape index (κ1) is 13.9. The average Bonchev–Trinajstić information content (AvgIpc) is 2.64. The van der Waals surface area contributed by atoms with E-state index in [0.717, 1.165) is 32.2 Å². The summed E-state index contributed by atoms with van der Waals surface area (Å²) in [6, 6.07) is 0.619. The van der Waals surface area contributed by atoms with E-state index in [-0.39, 0.29) is 11.8 Å². The van der Waals surface area contributed by atoms with Crippen molar-refractivity contribution < 1.29 is 8.42 Å². The van der Waals surface area contributed by atoms with E-state index in [1.807, 2.05) is 0 Å². The van der Waals surface area contributed by atoms with E-state index in [0.29, 0.717) is 12.5 Å². The molecular weight excluding hydrogens is 224 g/mol. The third kappa shape index (κ3) is 5.82. The van der Waals surface area contributed by atoms with Gasteiger partial charge in [0.25, 0.3) is 0 Å². The fraction of sp³-hybridized carbons (Fsp3) is 1.00. The fourth-order valence-corrected chi connectivity index (χ4v) is 3.40. The number of hydrogen-bond donors (Lipinski definition) is 2. The minimum atomic E-state index is -3.05. The molecule has 1 aliphatic carbocycles. The number of rotatable bonds is 7. The topological polar surface area (TPSA) is 58.2 Å². The molecule has 2 N–H and O–H groups in total. The zero-order valence-electron chi connectivity index (χ0n) is 10.3. The standard InChI is InChI=1S/C11H24N2O2S/c1-10(2)12-8-5-9-16(14,15)13-11-6-3-4-7-11/h10-13H,3-9H2,1-2H3. The molecule has 0 spiro atoms. The van der Waals surface area contributed by atoms with Crippen molar-refractivity contribution in [2.45, 2.75) is 58.0 Å². The lowest BCUT2D eigenvalue weighted by Gasteiger charge is -2.13. The molecule has 5 heteroatoms. The molecule has 1 rings (SSSR count). The summed E-state index contributed by atoms with van der Waals surface area (Å²) in [4.78, 5) is 0. The molecule has 0 radical (unpaired) electrons. The molecule has 0 heterocycles. The average molecular weight is 248 g/mol. The van der Waals surface area contributed by atoms with Gasteiger partial charge in [-0.1, -0.05) is 26.7 Å². The number of nitrogens with one attached hydrogen (secondary N) is 2. The molecular formula is C11H24N2O2S. The van der Waals surface area contributed by atoms with Crippen LogP contribution in [0.15, 0.2) is 0 Å². The molecule has 0 aliphatic heterocycles. The van der Waals surface area contributed by atoms with Crippen LogP contribution in [0.4, 0.5) is 0 Å². The van der Waals surface area contributed by atoms with Crippen LogP contribution in [-0.2, 0) is 10.0 Å². The summed E-state index contributed by atoms with van der Waals surface area (Å²) >= 11 is 0. The molecule has 0 bridgehead atoms. The van der Waals surface area contributed by atoms with Gasteiger partial charge in [-0.3, -0.25) is 0 Å². The maximum Gasteiger partial charge on any atom is 0.211 e. The molecule has 0 unspecified atom stereocenters. The summed E-state index contributed by atoms with van der Waals surface area (Å²) in [5.41, 5.74) is 0. The maximum atomic E-state index is 11.7. The zero-order valence-corrected chi connectivity index (χ0v) is 11.1. The Morgan fingerprint density at radius 2 is 1.88 bits per heavy atom. The lowest BCUT2D eigenvalue weighted by atomic mass is 10.3. The molecule has 0 aromatic rings. The summed E-state index contributed by atoms with van der Waals surface area (Å²) in [6.07, 6.45) is 5.00. The lowest BCUT2D eigenvalue weighted by Crippen LogP contribution is -2.35. The fourth-order valence-electron chi connectivity index (χ4n) is 2.01. The molecule has 0 aromatic carbocycles. The summed E-state index contributed by atoms with van der Waals surface area (Å²) in [5.74, 6) is 0.239. The largest absolute Gasteiger partial charge is 0.314 e. The van der Waals surface area contributed by atoms with E-state index in [4.69, 9.17) is 0 Å². The first-order valence-corrected chi connectivity index (χ1v) is 7.88. The van der Waals surface area contributed by atoms with Crippen molar-refractivity contribution in [2.75, 3.05) is 12.3 Å². The smallest absolute Gasteiger partial charge is 0.211 e. The molecule has 16 heavy (non-hydrogen) atoms. The van der Waals surface area contributed by atoms with Gasteiger partial charge >= 0.3 is 0 Å². The van der Waals surface area contributed by atoms with Crippen LogP contribution < -0.4 is 10.0 Å². The van der Waals surface area contributed by atoms with Crippen molar-refractivity contribution in [2.24, 2.45) is 0 Å². The summed E-state index contributed by atoms with van der Waals surface area (Å²) < 4.78 is 26.2. The summed E-state index contributed by atoms with van der Waals surface area (Å²) in [6.45, 7) is 4.89. The lowest BCUT2D eigenvalue weighted by molar-refractivity contribution is 0.541. The van der Waals surface area contributed by atoms with Crippen LogP contribution >= 0.6 is 0 Å². The predicted octanol–water partition coefficient (Wildman–Crippen LogP) is 1.24. The van der Waals surface area contributed by atoms with Crippen molar-refractivity contribution in [1.82, 2.24) is 10.0 Å². The molecule has 0 atom stereocenters.